The summed E-state index contributed by atoms with van der Waals surface area (Å²) in [5.41, 5.74) is 0.749. The number of hydrogen-bond acceptors (Lipinski definition) is 1. The maximum Gasteiger partial charge on any atom is 0.145 e. The third-order valence-corrected chi connectivity index (χ3v) is 4.58. The van der Waals surface area contributed by atoms with Gasteiger partial charge in [-0.1, -0.05) is 50.4 Å². The molecule has 1 N–H and O–H groups in total. The van der Waals surface area contributed by atoms with E-state index < -0.39 is 0 Å². The zero-order chi connectivity index (χ0) is 13.9. The first kappa shape index (κ1) is 14.8. The maximum absolute atomic E-state index is 14.3. The number of likely N-dealkylation sites (N-methyl/N-ethyl adjacent to an activating group) is 1. The van der Waals surface area contributed by atoms with Gasteiger partial charge in [0, 0.05) is 12.0 Å². The second kappa shape index (κ2) is 6.23. The first-order valence-electron chi connectivity index (χ1n) is 7.28. The van der Waals surface area contributed by atoms with Gasteiger partial charge in [-0.05, 0) is 36.9 Å². The smallest absolute Gasteiger partial charge is 0.145 e. The molecule has 1 aromatic carbocycles. The minimum atomic E-state index is -0.225. The van der Waals surface area contributed by atoms with Gasteiger partial charge in [0.2, 0.25) is 0 Å². The molecular weight excluding hydrogens is 261 g/mol. The van der Waals surface area contributed by atoms with Crippen molar-refractivity contribution in [3.8, 4) is 0 Å². The van der Waals surface area contributed by atoms with Gasteiger partial charge in [0.1, 0.15) is 5.82 Å². The summed E-state index contributed by atoms with van der Waals surface area (Å²) in [5.74, 6) is 0.513. The van der Waals surface area contributed by atoms with Crippen LogP contribution in [0.25, 0.3) is 0 Å². The van der Waals surface area contributed by atoms with Gasteiger partial charge in [0.05, 0.1) is 5.02 Å². The van der Waals surface area contributed by atoms with Crippen LogP contribution in [0.5, 0.6) is 0 Å². The highest BCUT2D eigenvalue weighted by Gasteiger charge is 2.46. The summed E-state index contributed by atoms with van der Waals surface area (Å²) in [5, 5.41) is 3.63. The molecule has 0 aliphatic heterocycles. The molecule has 0 unspecified atom stereocenters. The summed E-state index contributed by atoms with van der Waals surface area (Å²) in [6.07, 6.45) is 4.60. The summed E-state index contributed by atoms with van der Waals surface area (Å²) in [6.45, 7) is 6.07. The highest BCUT2D eigenvalue weighted by atomic mass is 35.5. The van der Waals surface area contributed by atoms with Crippen LogP contribution in [-0.2, 0) is 5.41 Å². The summed E-state index contributed by atoms with van der Waals surface area (Å²) in [7, 11) is 0. The van der Waals surface area contributed by atoms with Crippen molar-refractivity contribution < 1.29 is 4.39 Å². The number of nitrogens with one attached hydrogen (secondary N) is 1. The number of halogens is 2. The van der Waals surface area contributed by atoms with Crippen molar-refractivity contribution in [1.82, 2.24) is 5.32 Å². The molecule has 1 fully saturated rings. The van der Waals surface area contributed by atoms with Crippen LogP contribution < -0.4 is 5.32 Å². The summed E-state index contributed by atoms with van der Waals surface area (Å²) < 4.78 is 14.3. The Labute approximate surface area is 120 Å². The molecule has 19 heavy (non-hydrogen) atoms. The third-order valence-electron chi connectivity index (χ3n) is 4.29. The Kier molecular flexibility index (Phi) is 4.86. The van der Waals surface area contributed by atoms with E-state index in [4.69, 9.17) is 11.6 Å². The van der Waals surface area contributed by atoms with Crippen molar-refractivity contribution in [3.63, 3.8) is 0 Å². The highest BCUT2D eigenvalue weighted by molar-refractivity contribution is 6.30. The van der Waals surface area contributed by atoms with E-state index in [0.717, 1.165) is 37.4 Å². The molecule has 0 bridgehead atoms. The lowest BCUT2D eigenvalue weighted by molar-refractivity contribution is 0.125. The highest BCUT2D eigenvalue weighted by Crippen LogP contribution is 2.50. The fourth-order valence-electron chi connectivity index (χ4n) is 3.39. The first-order chi connectivity index (χ1) is 9.13. The molecule has 0 heterocycles. The Bertz CT molecular complexity index is 427. The lowest BCUT2D eigenvalue weighted by Crippen LogP contribution is -2.49. The average Bonchev–Trinajstić information content (AvgIpc) is 2.36. The van der Waals surface area contributed by atoms with E-state index in [0.29, 0.717) is 0 Å². The summed E-state index contributed by atoms with van der Waals surface area (Å²) in [6, 6.07) is 5.39. The average molecular weight is 284 g/mol. The van der Waals surface area contributed by atoms with Crippen LogP contribution in [0.1, 0.15) is 45.1 Å². The van der Waals surface area contributed by atoms with Gasteiger partial charge < -0.3 is 5.32 Å². The summed E-state index contributed by atoms with van der Waals surface area (Å²) >= 11 is 5.94. The Balaban J connectivity index is 2.21. The molecule has 0 aromatic heterocycles. The Morgan fingerprint density at radius 2 is 2.11 bits per heavy atom. The zero-order valence-electron chi connectivity index (χ0n) is 11.8. The Morgan fingerprint density at radius 3 is 2.74 bits per heavy atom. The van der Waals surface area contributed by atoms with E-state index in [1.807, 2.05) is 12.1 Å². The SMILES string of the molecule is CCCC1CC(CNCC)(c2cccc(Cl)c2F)C1. The van der Waals surface area contributed by atoms with Gasteiger partial charge in [0.15, 0.2) is 0 Å². The van der Waals surface area contributed by atoms with Gasteiger partial charge in [0.25, 0.3) is 0 Å². The van der Waals surface area contributed by atoms with Crippen LogP contribution in [0.4, 0.5) is 4.39 Å². The molecule has 1 aliphatic rings. The first-order valence-corrected chi connectivity index (χ1v) is 7.66. The predicted molar refractivity (Wildman–Crippen MR) is 79.3 cm³/mol. The van der Waals surface area contributed by atoms with Gasteiger partial charge in [-0.15, -0.1) is 0 Å². The quantitative estimate of drug-likeness (QED) is 0.808. The second-order valence-corrected chi connectivity index (χ2v) is 6.13. The molecule has 3 heteroatoms. The standard InChI is InChI=1S/C16H23ClFN/c1-3-6-12-9-16(10-12,11-19-4-2)13-7-5-8-14(17)15(13)18/h5,7-8,12,19H,3-4,6,9-11H2,1-2H3. The van der Waals surface area contributed by atoms with Crippen molar-refractivity contribution in [2.24, 2.45) is 5.92 Å². The monoisotopic (exact) mass is 283 g/mol. The molecular formula is C16H23ClFN. The molecule has 1 nitrogen and oxygen atoms in total. The fourth-order valence-corrected chi connectivity index (χ4v) is 3.57. The summed E-state index contributed by atoms with van der Waals surface area (Å²) in [4.78, 5) is 0. The van der Waals surface area contributed by atoms with Crippen molar-refractivity contribution in [2.75, 3.05) is 13.1 Å². The lowest BCUT2D eigenvalue weighted by atomic mass is 9.57. The van der Waals surface area contributed by atoms with E-state index in [1.54, 1.807) is 6.07 Å². The third kappa shape index (κ3) is 2.95. The van der Waals surface area contributed by atoms with Crippen molar-refractivity contribution in [2.45, 2.75) is 44.9 Å². The molecule has 0 amide bonds. The van der Waals surface area contributed by atoms with Gasteiger partial charge >= 0.3 is 0 Å². The number of hydrogen-bond donors (Lipinski definition) is 1. The van der Waals surface area contributed by atoms with Gasteiger partial charge in [-0.2, -0.15) is 0 Å². The molecule has 2 rings (SSSR count). The second-order valence-electron chi connectivity index (χ2n) is 5.72. The fraction of sp³-hybridized carbons (Fsp3) is 0.625. The minimum absolute atomic E-state index is 0.0508. The van der Waals surface area contributed by atoms with Crippen LogP contribution in [0.15, 0.2) is 18.2 Å². The van der Waals surface area contributed by atoms with Crippen LogP contribution in [0, 0.1) is 11.7 Å². The molecule has 106 valence electrons. The van der Waals surface area contributed by atoms with E-state index in [2.05, 4.69) is 19.2 Å². The molecule has 1 saturated carbocycles. The largest absolute Gasteiger partial charge is 0.316 e. The predicted octanol–water partition coefficient (Wildman–Crippen LogP) is 4.54. The van der Waals surface area contributed by atoms with Crippen LogP contribution in [0.2, 0.25) is 5.02 Å². The molecule has 1 aromatic rings. The topological polar surface area (TPSA) is 12.0 Å². The number of benzene rings is 1. The normalized spacial score (nSPS) is 26.2. The lowest BCUT2D eigenvalue weighted by Gasteiger charge is -2.49. The molecule has 0 saturated heterocycles. The van der Waals surface area contributed by atoms with Crippen molar-refractivity contribution in [1.29, 1.82) is 0 Å². The molecule has 1 aliphatic carbocycles. The van der Waals surface area contributed by atoms with Crippen molar-refractivity contribution >= 4 is 11.6 Å². The van der Waals surface area contributed by atoms with Gasteiger partial charge in [-0.3, -0.25) is 0 Å². The van der Waals surface area contributed by atoms with Gasteiger partial charge in [-0.25, -0.2) is 4.39 Å². The van der Waals surface area contributed by atoms with E-state index in [-0.39, 0.29) is 16.3 Å². The van der Waals surface area contributed by atoms with Crippen molar-refractivity contribution in [3.05, 3.63) is 34.6 Å². The van der Waals surface area contributed by atoms with E-state index >= 15 is 0 Å². The molecule has 0 spiro atoms. The zero-order valence-corrected chi connectivity index (χ0v) is 12.6. The minimum Gasteiger partial charge on any atom is -0.316 e. The van der Waals surface area contributed by atoms with Crippen LogP contribution in [0.3, 0.4) is 0 Å². The molecule has 0 atom stereocenters. The Hall–Kier alpha value is -0.600. The van der Waals surface area contributed by atoms with Crippen LogP contribution in [-0.4, -0.2) is 13.1 Å². The number of rotatable bonds is 6. The molecule has 0 radical (unpaired) electrons. The Morgan fingerprint density at radius 1 is 1.37 bits per heavy atom. The van der Waals surface area contributed by atoms with E-state index in [1.165, 1.54) is 12.8 Å². The van der Waals surface area contributed by atoms with E-state index in [9.17, 15) is 4.39 Å². The van der Waals surface area contributed by atoms with Crippen LogP contribution >= 0.6 is 11.6 Å². The maximum atomic E-state index is 14.3.